The van der Waals surface area contributed by atoms with Crippen LogP contribution in [0, 0.1) is 0 Å². The molecule has 1 aromatic carbocycles. The number of nitrogens with zero attached hydrogens (tertiary/aromatic N) is 2. The number of halogens is 3. The Morgan fingerprint density at radius 2 is 1.75 bits per heavy atom. The van der Waals surface area contributed by atoms with Crippen LogP contribution in [-0.4, -0.2) is 57.8 Å². The van der Waals surface area contributed by atoms with E-state index in [2.05, 4.69) is 21.9 Å². The van der Waals surface area contributed by atoms with Gasteiger partial charge in [-0.25, -0.2) is 24.4 Å². The minimum absolute atomic E-state index is 0.00828. The van der Waals surface area contributed by atoms with Crippen LogP contribution in [0.4, 0.5) is 18.9 Å². The minimum Gasteiger partial charge on any atom is -0.395 e. The van der Waals surface area contributed by atoms with E-state index in [4.69, 9.17) is 10.2 Å². The summed E-state index contributed by atoms with van der Waals surface area (Å²) in [7, 11) is -4.69. The van der Waals surface area contributed by atoms with Crippen LogP contribution in [0.15, 0.2) is 17.0 Å². The van der Waals surface area contributed by atoms with Crippen molar-refractivity contribution in [1.29, 1.82) is 0 Å². The Hall–Kier alpha value is -1.52. The van der Waals surface area contributed by atoms with Crippen LogP contribution in [-0.2, 0) is 16.2 Å². The summed E-state index contributed by atoms with van der Waals surface area (Å²) >= 11 is 0. The molecule has 28 heavy (non-hydrogen) atoms. The van der Waals surface area contributed by atoms with Gasteiger partial charge in [-0.15, -0.1) is 0 Å². The fourth-order valence-corrected chi connectivity index (χ4v) is 4.44. The first-order chi connectivity index (χ1) is 13.1. The molecule has 158 valence electrons. The third-order valence-corrected chi connectivity index (χ3v) is 5.69. The van der Waals surface area contributed by atoms with E-state index in [1.807, 2.05) is 4.90 Å². The lowest BCUT2D eigenvalue weighted by Gasteiger charge is -2.37. The van der Waals surface area contributed by atoms with Crippen LogP contribution in [0.25, 0.3) is 0 Å². The Labute approximate surface area is 159 Å². The number of hydrogen-bond acceptors (Lipinski definition) is 9. The van der Waals surface area contributed by atoms with E-state index in [9.17, 15) is 21.6 Å². The summed E-state index contributed by atoms with van der Waals surface area (Å²) in [6.45, 7) is 2.57. The second kappa shape index (κ2) is 8.08. The summed E-state index contributed by atoms with van der Waals surface area (Å²) in [5.41, 5.74) is 9.14. The van der Waals surface area contributed by atoms with Crippen molar-refractivity contribution in [2.45, 2.75) is 17.2 Å². The first-order valence-electron chi connectivity index (χ1n) is 8.49. The molecular formula is C14H22F3N7O3S. The Kier molecular flexibility index (Phi) is 6.11. The van der Waals surface area contributed by atoms with Crippen molar-refractivity contribution in [1.82, 2.24) is 26.8 Å². The van der Waals surface area contributed by atoms with Gasteiger partial charge in [-0.2, -0.15) is 24.2 Å². The van der Waals surface area contributed by atoms with Gasteiger partial charge in [-0.05, 0) is 12.1 Å². The summed E-state index contributed by atoms with van der Waals surface area (Å²) in [6, 6.07) is 2.00. The number of hydrazine groups is 3. The summed E-state index contributed by atoms with van der Waals surface area (Å²) in [5, 5.41) is 14.3. The number of aliphatic hydroxyl groups is 1. The Balaban J connectivity index is 2.10. The average Bonchev–Trinajstić information content (AvgIpc) is 3.14. The van der Waals surface area contributed by atoms with E-state index in [1.54, 1.807) is 4.90 Å². The highest BCUT2D eigenvalue weighted by Gasteiger charge is 2.41. The van der Waals surface area contributed by atoms with Crippen LogP contribution >= 0.6 is 0 Å². The molecule has 2 aliphatic rings. The van der Waals surface area contributed by atoms with Crippen molar-refractivity contribution < 1.29 is 26.7 Å². The molecule has 0 saturated carbocycles. The molecular weight excluding hydrogens is 403 g/mol. The number of β-amino-alcohol motifs (C(OH)–C–C–N with tert-alkyl or cyclic N) is 1. The molecule has 0 radical (unpaired) electrons. The van der Waals surface area contributed by atoms with Crippen LogP contribution in [0.5, 0.6) is 0 Å². The van der Waals surface area contributed by atoms with E-state index < -0.39 is 32.8 Å². The second-order valence-electron chi connectivity index (χ2n) is 6.44. The molecule has 0 bridgehead atoms. The maximum atomic E-state index is 13.5. The molecule has 14 heteroatoms. The van der Waals surface area contributed by atoms with Crippen molar-refractivity contribution in [2.24, 2.45) is 5.14 Å². The lowest BCUT2D eigenvalue weighted by molar-refractivity contribution is -0.140. The maximum Gasteiger partial charge on any atom is 0.417 e. The lowest BCUT2D eigenvalue weighted by atomic mass is 10.0. The third-order valence-electron chi connectivity index (χ3n) is 4.68. The number of alkyl halides is 3. The minimum atomic E-state index is -4.89. The zero-order valence-corrected chi connectivity index (χ0v) is 15.6. The number of sulfonamides is 1. The topological polar surface area (TPSA) is 135 Å². The van der Waals surface area contributed by atoms with Gasteiger partial charge in [0.25, 0.3) is 0 Å². The van der Waals surface area contributed by atoms with E-state index >= 15 is 0 Å². The number of benzene rings is 1. The van der Waals surface area contributed by atoms with Gasteiger partial charge in [0.2, 0.25) is 10.0 Å². The number of nitrogens with two attached hydrogens (primary N) is 1. The number of anilines is 1. The zero-order valence-electron chi connectivity index (χ0n) is 14.8. The summed E-state index contributed by atoms with van der Waals surface area (Å²) in [6.07, 6.45) is -5.87. The van der Waals surface area contributed by atoms with Crippen LogP contribution in [0.1, 0.15) is 17.3 Å². The highest BCUT2D eigenvalue weighted by Crippen LogP contribution is 2.41. The van der Waals surface area contributed by atoms with Crippen molar-refractivity contribution in [3.63, 3.8) is 0 Å². The largest absolute Gasteiger partial charge is 0.417 e. The Bertz CT molecular complexity index is 807. The average molecular weight is 425 g/mol. The molecule has 0 spiro atoms. The predicted molar refractivity (Wildman–Crippen MR) is 93.8 cm³/mol. The molecule has 0 unspecified atom stereocenters. The lowest BCUT2D eigenvalue weighted by Crippen LogP contribution is -2.48. The van der Waals surface area contributed by atoms with E-state index in [0.717, 1.165) is 6.07 Å². The summed E-state index contributed by atoms with van der Waals surface area (Å²) in [4.78, 5) is 2.85. The van der Waals surface area contributed by atoms with Crippen LogP contribution in [0.2, 0.25) is 0 Å². The van der Waals surface area contributed by atoms with E-state index in [0.29, 0.717) is 38.4 Å². The first-order valence-corrected chi connectivity index (χ1v) is 10.0. The van der Waals surface area contributed by atoms with Crippen molar-refractivity contribution in [2.75, 3.05) is 44.2 Å². The molecule has 3 rings (SSSR count). The van der Waals surface area contributed by atoms with Crippen molar-refractivity contribution >= 4 is 15.7 Å². The number of aliphatic hydroxyl groups excluding tert-OH is 1. The number of primary sulfonamides is 1. The van der Waals surface area contributed by atoms with E-state index in [-0.39, 0.29) is 12.2 Å². The number of rotatable bonds is 5. The number of hydrogen-bond donors (Lipinski definition) is 6. The highest BCUT2D eigenvalue weighted by molar-refractivity contribution is 7.89. The molecule has 7 N–H and O–H groups in total. The SMILES string of the molecule is NS(=O)(=O)c1c(C(F)(F)F)ccc(N2CCN(CCO)CC2)c1C1NNNN1. The van der Waals surface area contributed by atoms with Gasteiger partial charge < -0.3 is 10.0 Å². The van der Waals surface area contributed by atoms with Gasteiger partial charge in [-0.3, -0.25) is 4.90 Å². The zero-order chi connectivity index (χ0) is 20.5. The Morgan fingerprint density at radius 3 is 2.25 bits per heavy atom. The molecule has 10 nitrogen and oxygen atoms in total. The molecule has 0 aromatic heterocycles. The molecule has 2 saturated heterocycles. The fourth-order valence-electron chi connectivity index (χ4n) is 3.42. The first kappa shape index (κ1) is 21.2. The summed E-state index contributed by atoms with van der Waals surface area (Å²) < 4.78 is 64.9. The molecule has 0 amide bonds. The quantitative estimate of drug-likeness (QED) is 0.336. The number of piperazine rings is 1. The Morgan fingerprint density at radius 1 is 1.14 bits per heavy atom. The fraction of sp³-hybridized carbons (Fsp3) is 0.571. The van der Waals surface area contributed by atoms with E-state index in [1.165, 1.54) is 6.07 Å². The molecule has 1 aromatic rings. The second-order valence-corrected chi connectivity index (χ2v) is 7.94. The van der Waals surface area contributed by atoms with Crippen molar-refractivity contribution in [3.05, 3.63) is 23.3 Å². The third kappa shape index (κ3) is 4.38. The maximum absolute atomic E-state index is 13.5. The van der Waals surface area contributed by atoms with Crippen molar-refractivity contribution in [3.8, 4) is 0 Å². The normalized spacial score (nSPS) is 20.1. The summed E-state index contributed by atoms with van der Waals surface area (Å²) in [5.74, 6) is 0. The molecule has 0 aliphatic carbocycles. The predicted octanol–water partition coefficient (Wildman–Crippen LogP) is -1.42. The highest BCUT2D eigenvalue weighted by atomic mass is 32.2. The van der Waals surface area contributed by atoms with Crippen LogP contribution < -0.4 is 32.0 Å². The molecule has 2 heterocycles. The standard InChI is InChI=1S/C14H22F3N7O3S/c15-14(16,17)9-1-2-10(24-5-3-23(4-6-24)7-8-25)11(12(9)28(18,26)27)13-19-21-22-20-13/h1-2,13,19-22,25H,3-8H2,(H2,18,26,27). The number of nitrogens with one attached hydrogen (secondary N) is 4. The van der Waals surface area contributed by atoms with Crippen LogP contribution in [0.3, 0.4) is 0 Å². The van der Waals surface area contributed by atoms with Gasteiger partial charge in [-0.1, -0.05) is 0 Å². The van der Waals surface area contributed by atoms with Gasteiger partial charge >= 0.3 is 6.18 Å². The van der Waals surface area contributed by atoms with Gasteiger partial charge in [0.15, 0.2) is 0 Å². The smallest absolute Gasteiger partial charge is 0.395 e. The van der Waals surface area contributed by atoms with Gasteiger partial charge in [0.1, 0.15) is 11.1 Å². The molecule has 0 atom stereocenters. The monoisotopic (exact) mass is 425 g/mol. The van der Waals surface area contributed by atoms with Gasteiger partial charge in [0.05, 0.1) is 12.2 Å². The van der Waals surface area contributed by atoms with Gasteiger partial charge in [0, 0.05) is 44.0 Å². The molecule has 2 fully saturated rings. The molecule has 2 aliphatic heterocycles.